The van der Waals surface area contributed by atoms with Crippen LogP contribution in [0.4, 0.5) is 0 Å². The molecule has 2 rings (SSSR count). The number of hydrogen-bond donors (Lipinski definition) is 2. The standard InChI is InChI=1S/C16H14Cl2N2O2S/c1-23-9-10-2-4-11(5-3-10)15(21)19-20-16(22)13-8-12(17)6-7-14(13)18/h2-8H,9H2,1H3,(H,19,21)(H,20,22). The molecular weight excluding hydrogens is 355 g/mol. The molecule has 0 heterocycles. The first kappa shape index (κ1) is 17.7. The molecule has 0 saturated carbocycles. The molecule has 0 radical (unpaired) electrons. The number of halogens is 2. The maximum Gasteiger partial charge on any atom is 0.271 e. The second kappa shape index (κ2) is 8.24. The van der Waals surface area contributed by atoms with E-state index in [0.29, 0.717) is 10.6 Å². The Morgan fingerprint density at radius 3 is 2.30 bits per heavy atom. The topological polar surface area (TPSA) is 58.2 Å². The number of nitrogens with one attached hydrogen (secondary N) is 2. The predicted molar refractivity (Wildman–Crippen MR) is 95.1 cm³/mol. The summed E-state index contributed by atoms with van der Waals surface area (Å²) < 4.78 is 0. The molecule has 0 unspecified atom stereocenters. The second-order valence-corrected chi connectivity index (χ2v) is 6.37. The van der Waals surface area contributed by atoms with Gasteiger partial charge in [0.05, 0.1) is 10.6 Å². The lowest BCUT2D eigenvalue weighted by Crippen LogP contribution is -2.41. The number of amides is 2. The van der Waals surface area contributed by atoms with Gasteiger partial charge in [0.1, 0.15) is 0 Å². The van der Waals surface area contributed by atoms with Gasteiger partial charge < -0.3 is 0 Å². The largest absolute Gasteiger partial charge is 0.271 e. The van der Waals surface area contributed by atoms with E-state index in [-0.39, 0.29) is 10.6 Å². The fourth-order valence-corrected chi connectivity index (χ4v) is 2.74. The SMILES string of the molecule is CSCc1ccc(C(=O)NNC(=O)c2cc(Cl)ccc2Cl)cc1. The average molecular weight is 369 g/mol. The maximum absolute atomic E-state index is 12.0. The molecule has 2 aromatic rings. The molecule has 0 saturated heterocycles. The summed E-state index contributed by atoms with van der Waals surface area (Å²) >= 11 is 13.5. The van der Waals surface area contributed by atoms with Crippen molar-refractivity contribution < 1.29 is 9.59 Å². The highest BCUT2D eigenvalue weighted by molar-refractivity contribution is 7.97. The van der Waals surface area contributed by atoms with Crippen molar-refractivity contribution in [3.63, 3.8) is 0 Å². The molecule has 0 aliphatic heterocycles. The van der Waals surface area contributed by atoms with E-state index in [1.807, 2.05) is 18.4 Å². The van der Waals surface area contributed by atoms with Crippen LogP contribution >= 0.6 is 35.0 Å². The van der Waals surface area contributed by atoms with Crippen LogP contribution < -0.4 is 10.9 Å². The van der Waals surface area contributed by atoms with E-state index in [1.54, 1.807) is 30.0 Å². The van der Waals surface area contributed by atoms with E-state index < -0.39 is 11.8 Å². The fourth-order valence-electron chi connectivity index (χ4n) is 1.84. The van der Waals surface area contributed by atoms with Crippen LogP contribution in [0.25, 0.3) is 0 Å². The Hall–Kier alpha value is -1.69. The molecule has 7 heteroatoms. The molecule has 0 fully saturated rings. The molecule has 0 aliphatic carbocycles. The lowest BCUT2D eigenvalue weighted by atomic mass is 10.1. The average Bonchev–Trinajstić information content (AvgIpc) is 2.55. The first-order valence-electron chi connectivity index (χ1n) is 6.65. The summed E-state index contributed by atoms with van der Waals surface area (Å²) in [5.41, 5.74) is 6.44. The van der Waals surface area contributed by atoms with E-state index in [2.05, 4.69) is 10.9 Å². The van der Waals surface area contributed by atoms with E-state index in [1.165, 1.54) is 12.1 Å². The third kappa shape index (κ3) is 4.89. The summed E-state index contributed by atoms with van der Waals surface area (Å²) in [6.45, 7) is 0. The van der Waals surface area contributed by atoms with Crippen LogP contribution in [0.3, 0.4) is 0 Å². The van der Waals surface area contributed by atoms with Crippen molar-refractivity contribution in [2.75, 3.05) is 6.26 Å². The van der Waals surface area contributed by atoms with Crippen molar-refractivity contribution in [2.45, 2.75) is 5.75 Å². The number of hydrazine groups is 1. The Bertz CT molecular complexity index is 721. The Kier molecular flexibility index (Phi) is 6.33. The van der Waals surface area contributed by atoms with E-state index in [4.69, 9.17) is 23.2 Å². The molecule has 0 bridgehead atoms. The highest BCUT2D eigenvalue weighted by Gasteiger charge is 2.12. The number of benzene rings is 2. The molecule has 0 aliphatic rings. The summed E-state index contributed by atoms with van der Waals surface area (Å²) in [6, 6.07) is 11.7. The number of carbonyl (C=O) groups is 2. The summed E-state index contributed by atoms with van der Waals surface area (Å²) in [5, 5.41) is 0.637. The van der Waals surface area contributed by atoms with E-state index in [9.17, 15) is 9.59 Å². The number of hydrogen-bond acceptors (Lipinski definition) is 3. The van der Waals surface area contributed by atoms with Gasteiger partial charge in [-0.15, -0.1) is 0 Å². The minimum atomic E-state index is -0.537. The van der Waals surface area contributed by atoms with Crippen molar-refractivity contribution >= 4 is 46.8 Å². The zero-order valence-corrected chi connectivity index (χ0v) is 14.6. The summed E-state index contributed by atoms with van der Waals surface area (Å²) in [4.78, 5) is 24.0. The smallest absolute Gasteiger partial charge is 0.267 e. The molecule has 4 nitrogen and oxygen atoms in total. The van der Waals surface area contributed by atoms with Crippen molar-refractivity contribution in [1.82, 2.24) is 10.9 Å². The summed E-state index contributed by atoms with van der Waals surface area (Å²) in [7, 11) is 0. The van der Waals surface area contributed by atoms with E-state index in [0.717, 1.165) is 11.3 Å². The summed E-state index contributed by atoms with van der Waals surface area (Å²) in [5.74, 6) is -0.0663. The van der Waals surface area contributed by atoms with Gasteiger partial charge in [-0.1, -0.05) is 35.3 Å². The normalized spacial score (nSPS) is 10.2. The van der Waals surface area contributed by atoms with Gasteiger partial charge in [-0.25, -0.2) is 0 Å². The van der Waals surface area contributed by atoms with Crippen molar-refractivity contribution in [2.24, 2.45) is 0 Å². The quantitative estimate of drug-likeness (QED) is 0.803. The molecule has 0 spiro atoms. The first-order valence-corrected chi connectivity index (χ1v) is 8.80. The van der Waals surface area contributed by atoms with Gasteiger partial charge in [-0.2, -0.15) is 11.8 Å². The first-order chi connectivity index (χ1) is 11.0. The zero-order valence-electron chi connectivity index (χ0n) is 12.2. The van der Waals surface area contributed by atoms with Crippen LogP contribution in [-0.2, 0) is 5.75 Å². The Morgan fingerprint density at radius 2 is 1.65 bits per heavy atom. The highest BCUT2D eigenvalue weighted by Crippen LogP contribution is 2.20. The molecule has 23 heavy (non-hydrogen) atoms. The van der Waals surface area contributed by atoms with Crippen LogP contribution in [0.1, 0.15) is 26.3 Å². The van der Waals surface area contributed by atoms with Gasteiger partial charge in [0, 0.05) is 16.3 Å². The van der Waals surface area contributed by atoms with Crippen LogP contribution in [0.5, 0.6) is 0 Å². The Balaban J connectivity index is 1.98. The van der Waals surface area contributed by atoms with Crippen LogP contribution in [-0.4, -0.2) is 18.1 Å². The fraction of sp³-hybridized carbons (Fsp3) is 0.125. The molecule has 2 aromatic carbocycles. The van der Waals surface area contributed by atoms with Gasteiger partial charge in [-0.05, 0) is 42.2 Å². The van der Waals surface area contributed by atoms with Gasteiger partial charge in [0.25, 0.3) is 11.8 Å². The van der Waals surface area contributed by atoms with Crippen molar-refractivity contribution in [1.29, 1.82) is 0 Å². The lowest BCUT2D eigenvalue weighted by molar-refractivity contribution is 0.0847. The molecule has 2 N–H and O–H groups in total. The number of carbonyl (C=O) groups excluding carboxylic acids is 2. The maximum atomic E-state index is 12.0. The van der Waals surface area contributed by atoms with Gasteiger partial charge in [0.2, 0.25) is 0 Å². The minimum absolute atomic E-state index is 0.190. The van der Waals surface area contributed by atoms with Crippen molar-refractivity contribution in [3.8, 4) is 0 Å². The van der Waals surface area contributed by atoms with Crippen LogP contribution in [0.15, 0.2) is 42.5 Å². The molecule has 0 atom stereocenters. The summed E-state index contributed by atoms with van der Waals surface area (Å²) in [6.07, 6.45) is 2.01. The Morgan fingerprint density at radius 1 is 1.00 bits per heavy atom. The minimum Gasteiger partial charge on any atom is -0.267 e. The second-order valence-electron chi connectivity index (χ2n) is 4.66. The third-order valence-corrected chi connectivity index (χ3v) is 4.18. The number of rotatable bonds is 4. The number of thioether (sulfide) groups is 1. The lowest BCUT2D eigenvalue weighted by Gasteiger charge is -2.09. The van der Waals surface area contributed by atoms with Crippen LogP contribution in [0.2, 0.25) is 10.0 Å². The van der Waals surface area contributed by atoms with E-state index >= 15 is 0 Å². The molecule has 120 valence electrons. The zero-order chi connectivity index (χ0) is 16.8. The molecule has 0 aromatic heterocycles. The van der Waals surface area contributed by atoms with Gasteiger partial charge in [-0.3, -0.25) is 20.4 Å². The molecule has 2 amide bonds. The Labute approximate surface area is 148 Å². The predicted octanol–water partition coefficient (Wildman–Crippen LogP) is 3.93. The van der Waals surface area contributed by atoms with Crippen molar-refractivity contribution in [3.05, 3.63) is 69.2 Å². The monoisotopic (exact) mass is 368 g/mol. The van der Waals surface area contributed by atoms with Crippen LogP contribution in [0, 0.1) is 0 Å². The molecular formula is C16H14Cl2N2O2S. The highest BCUT2D eigenvalue weighted by atomic mass is 35.5. The third-order valence-electron chi connectivity index (χ3n) is 2.99. The van der Waals surface area contributed by atoms with Gasteiger partial charge in [0.15, 0.2) is 0 Å². The van der Waals surface area contributed by atoms with Gasteiger partial charge >= 0.3 is 0 Å².